The van der Waals surface area contributed by atoms with E-state index in [9.17, 15) is 4.39 Å². The Labute approximate surface area is 149 Å². The number of hydrogen-bond donors (Lipinski definition) is 1. The molecule has 1 fully saturated rings. The molecular weight excluding hydrogens is 445 g/mol. The van der Waals surface area contributed by atoms with Gasteiger partial charge >= 0.3 is 0 Å². The molecule has 1 aliphatic rings. The smallest absolute Gasteiger partial charge is 0.190 e. The van der Waals surface area contributed by atoms with Gasteiger partial charge in [0.2, 0.25) is 0 Å². The largest absolute Gasteiger partial charge is 0.396 e. The lowest BCUT2D eigenvalue weighted by molar-refractivity contribution is 0.0950. The third-order valence-electron chi connectivity index (χ3n) is 3.28. The molecule has 2 unspecified atom stereocenters. The lowest BCUT2D eigenvalue weighted by Gasteiger charge is -2.12. The summed E-state index contributed by atoms with van der Waals surface area (Å²) < 4.78 is 24.7. The Bertz CT molecular complexity index is 760. The van der Waals surface area contributed by atoms with Gasteiger partial charge in [0.1, 0.15) is 5.82 Å². The molecule has 0 radical (unpaired) electrons. The van der Waals surface area contributed by atoms with E-state index in [1.165, 1.54) is 13.2 Å². The molecular formula is C14H10Cl2FIN2O2. The van der Waals surface area contributed by atoms with Crippen LogP contribution < -0.4 is 5.73 Å². The van der Waals surface area contributed by atoms with E-state index in [0.717, 1.165) is 0 Å². The van der Waals surface area contributed by atoms with E-state index >= 15 is 0 Å². The molecule has 4 nitrogen and oxygen atoms in total. The first-order valence-electron chi connectivity index (χ1n) is 6.22. The summed E-state index contributed by atoms with van der Waals surface area (Å²) in [6.45, 7) is 0. The number of halogens is 4. The van der Waals surface area contributed by atoms with Gasteiger partial charge in [-0.05, 0) is 34.7 Å². The number of hydrogen-bond acceptors (Lipinski definition) is 4. The van der Waals surface area contributed by atoms with E-state index in [0.29, 0.717) is 20.5 Å². The highest BCUT2D eigenvalue weighted by atomic mass is 127. The van der Waals surface area contributed by atoms with Crippen molar-refractivity contribution in [1.29, 1.82) is 0 Å². The number of pyridine rings is 1. The molecule has 8 heteroatoms. The first-order chi connectivity index (χ1) is 10.4. The van der Waals surface area contributed by atoms with Crippen LogP contribution in [-0.4, -0.2) is 18.4 Å². The average Bonchev–Trinajstić information content (AvgIpc) is 3.28. The van der Waals surface area contributed by atoms with Crippen LogP contribution in [-0.2, 0) is 9.47 Å². The zero-order chi connectivity index (χ0) is 16.0. The molecule has 0 bridgehead atoms. The Balaban J connectivity index is 2.13. The highest BCUT2D eigenvalue weighted by molar-refractivity contribution is 14.1. The van der Waals surface area contributed by atoms with Gasteiger partial charge in [-0.2, -0.15) is 0 Å². The monoisotopic (exact) mass is 454 g/mol. The van der Waals surface area contributed by atoms with E-state index in [4.69, 9.17) is 38.4 Å². The third kappa shape index (κ3) is 2.78. The van der Waals surface area contributed by atoms with Crippen molar-refractivity contribution in [2.75, 3.05) is 12.8 Å². The molecule has 2 heterocycles. The van der Waals surface area contributed by atoms with Crippen LogP contribution >= 0.6 is 45.8 Å². The molecule has 1 aromatic carbocycles. The Kier molecular flexibility index (Phi) is 4.48. The van der Waals surface area contributed by atoms with E-state index in [2.05, 4.69) is 4.98 Å². The van der Waals surface area contributed by atoms with Gasteiger partial charge in [-0.3, -0.25) is 0 Å². The summed E-state index contributed by atoms with van der Waals surface area (Å²) in [6.07, 6.45) is -0.809. The van der Waals surface area contributed by atoms with Crippen molar-refractivity contribution in [3.63, 3.8) is 0 Å². The number of methoxy groups -OCH3 is 1. The topological polar surface area (TPSA) is 60.7 Å². The number of rotatable bonds is 3. The number of nitrogens with zero attached hydrogens (tertiary/aromatic N) is 1. The van der Waals surface area contributed by atoms with Crippen molar-refractivity contribution in [3.8, 4) is 11.3 Å². The standard InChI is InChI=1S/C14H10Cl2FIN2O2/c1-21-14-13(22-14)12-9(16)10(19)8(15)11(20-12)5-2-3-7(18)6(17)4-5/h2-4,13-14H,1H3,(H2,19,20). The van der Waals surface area contributed by atoms with E-state index in [1.54, 1.807) is 12.1 Å². The fraction of sp³-hybridized carbons (Fsp3) is 0.214. The number of benzene rings is 1. The molecule has 0 spiro atoms. The maximum atomic E-state index is 13.8. The number of anilines is 1. The predicted molar refractivity (Wildman–Crippen MR) is 91.4 cm³/mol. The first-order valence-corrected chi connectivity index (χ1v) is 8.05. The SMILES string of the molecule is COC1OC1c1nc(-c2ccc(I)c(F)c2)c(Cl)c(N)c1Cl. The number of ether oxygens (including phenoxy) is 2. The minimum atomic E-state index is -0.410. The zero-order valence-electron chi connectivity index (χ0n) is 11.2. The summed E-state index contributed by atoms with van der Waals surface area (Å²) in [5, 5.41) is 0.410. The molecule has 0 saturated carbocycles. The van der Waals surface area contributed by atoms with Gasteiger partial charge in [0, 0.05) is 16.2 Å². The Morgan fingerprint density at radius 1 is 1.36 bits per heavy atom. The summed E-state index contributed by atoms with van der Waals surface area (Å²) in [6, 6.07) is 4.71. The van der Waals surface area contributed by atoms with Crippen molar-refractivity contribution >= 4 is 51.5 Å². The highest BCUT2D eigenvalue weighted by Crippen LogP contribution is 2.46. The van der Waals surface area contributed by atoms with Crippen LogP contribution in [0, 0.1) is 9.39 Å². The lowest BCUT2D eigenvalue weighted by Crippen LogP contribution is -2.02. The summed E-state index contributed by atoms with van der Waals surface area (Å²) >= 11 is 14.3. The number of nitrogen functional groups attached to an aromatic ring is 1. The van der Waals surface area contributed by atoms with Gasteiger partial charge in [-0.15, -0.1) is 0 Å². The van der Waals surface area contributed by atoms with Gasteiger partial charge in [0.05, 0.1) is 27.1 Å². The van der Waals surface area contributed by atoms with Crippen LogP contribution in [0.2, 0.25) is 10.0 Å². The van der Waals surface area contributed by atoms with Crippen LogP contribution in [0.5, 0.6) is 0 Å². The van der Waals surface area contributed by atoms with Gasteiger partial charge in [-0.1, -0.05) is 29.3 Å². The maximum absolute atomic E-state index is 13.8. The molecule has 1 aliphatic heterocycles. The molecule has 0 aliphatic carbocycles. The Hall–Kier alpha value is -0.670. The minimum Gasteiger partial charge on any atom is -0.396 e. The van der Waals surface area contributed by atoms with Crippen molar-refractivity contribution < 1.29 is 13.9 Å². The summed E-state index contributed by atoms with van der Waals surface area (Å²) in [7, 11) is 1.52. The normalized spacial score (nSPS) is 20.2. The second-order valence-electron chi connectivity index (χ2n) is 4.68. The minimum absolute atomic E-state index is 0.184. The molecule has 2 aromatic rings. The second-order valence-corrected chi connectivity index (χ2v) is 6.60. The average molecular weight is 455 g/mol. The molecule has 0 amide bonds. The van der Waals surface area contributed by atoms with E-state index < -0.39 is 12.4 Å². The van der Waals surface area contributed by atoms with Crippen LogP contribution in [0.1, 0.15) is 11.8 Å². The van der Waals surface area contributed by atoms with Crippen molar-refractivity contribution in [1.82, 2.24) is 4.98 Å². The van der Waals surface area contributed by atoms with Gasteiger partial charge in [0.25, 0.3) is 0 Å². The molecule has 3 rings (SSSR count). The molecule has 1 saturated heterocycles. The lowest BCUT2D eigenvalue weighted by atomic mass is 10.1. The molecule has 2 atom stereocenters. The molecule has 2 N–H and O–H groups in total. The third-order valence-corrected chi connectivity index (χ3v) is 4.94. The highest BCUT2D eigenvalue weighted by Gasteiger charge is 2.44. The van der Waals surface area contributed by atoms with Crippen molar-refractivity contribution in [3.05, 3.63) is 43.3 Å². The molecule has 22 heavy (non-hydrogen) atoms. The van der Waals surface area contributed by atoms with Crippen LogP contribution in [0.15, 0.2) is 18.2 Å². The number of epoxide rings is 1. The molecule has 1 aromatic heterocycles. The Morgan fingerprint density at radius 3 is 2.68 bits per heavy atom. The predicted octanol–water partition coefficient (Wildman–Crippen LogP) is 4.43. The van der Waals surface area contributed by atoms with Crippen molar-refractivity contribution in [2.45, 2.75) is 12.4 Å². The summed E-state index contributed by atoms with van der Waals surface area (Å²) in [5.74, 6) is -0.358. The zero-order valence-corrected chi connectivity index (χ0v) is 14.9. The van der Waals surface area contributed by atoms with Gasteiger partial charge in [0.15, 0.2) is 12.4 Å². The summed E-state index contributed by atoms with van der Waals surface area (Å²) in [5.41, 5.74) is 7.44. The van der Waals surface area contributed by atoms with Crippen molar-refractivity contribution in [2.24, 2.45) is 0 Å². The summed E-state index contributed by atoms with van der Waals surface area (Å²) in [4.78, 5) is 4.42. The first kappa shape index (κ1) is 16.2. The number of aromatic nitrogens is 1. The van der Waals surface area contributed by atoms with Gasteiger partial charge in [-0.25, -0.2) is 9.37 Å². The Morgan fingerprint density at radius 2 is 2.09 bits per heavy atom. The van der Waals surface area contributed by atoms with E-state index in [1.807, 2.05) is 22.6 Å². The number of nitrogens with two attached hydrogens (primary N) is 1. The fourth-order valence-electron chi connectivity index (χ4n) is 2.08. The van der Waals surface area contributed by atoms with Crippen LogP contribution in [0.4, 0.5) is 10.1 Å². The molecule has 116 valence electrons. The second kappa shape index (κ2) is 6.09. The van der Waals surface area contributed by atoms with Gasteiger partial charge < -0.3 is 15.2 Å². The van der Waals surface area contributed by atoms with Crippen LogP contribution in [0.3, 0.4) is 0 Å². The maximum Gasteiger partial charge on any atom is 0.190 e. The quantitative estimate of drug-likeness (QED) is 0.550. The fourth-order valence-corrected chi connectivity index (χ4v) is 2.95. The van der Waals surface area contributed by atoms with Crippen LogP contribution in [0.25, 0.3) is 11.3 Å². The van der Waals surface area contributed by atoms with E-state index in [-0.39, 0.29) is 21.5 Å².